The van der Waals surface area contributed by atoms with Gasteiger partial charge in [0.15, 0.2) is 0 Å². The van der Waals surface area contributed by atoms with Crippen LogP contribution in [0.1, 0.15) is 97.2 Å². The molecular formula is C32H39N3O3. The monoisotopic (exact) mass is 513 g/mol. The van der Waals surface area contributed by atoms with E-state index in [1.807, 2.05) is 6.07 Å². The molecule has 200 valence electrons. The molecular weight excluding hydrogens is 474 g/mol. The number of nitrogens with one attached hydrogen (secondary N) is 2. The third kappa shape index (κ3) is 5.28. The van der Waals surface area contributed by atoms with Gasteiger partial charge in [-0.05, 0) is 86.0 Å². The molecule has 1 unspecified atom stereocenters. The van der Waals surface area contributed by atoms with E-state index in [0.717, 1.165) is 12.0 Å². The van der Waals surface area contributed by atoms with Gasteiger partial charge in [-0.3, -0.25) is 19.7 Å². The Morgan fingerprint density at radius 2 is 1.66 bits per heavy atom. The molecule has 2 saturated carbocycles. The van der Waals surface area contributed by atoms with Crippen LogP contribution < -0.4 is 10.6 Å². The van der Waals surface area contributed by atoms with E-state index in [1.54, 1.807) is 4.90 Å². The first-order chi connectivity index (χ1) is 18.5. The lowest BCUT2D eigenvalue weighted by Crippen LogP contribution is -2.52. The Bertz CT molecular complexity index is 1190. The molecule has 0 radical (unpaired) electrons. The maximum atomic E-state index is 13.1. The Kier molecular flexibility index (Phi) is 7.33. The van der Waals surface area contributed by atoms with E-state index < -0.39 is 6.04 Å². The summed E-state index contributed by atoms with van der Waals surface area (Å²) in [6, 6.07) is 17.9. The minimum absolute atomic E-state index is 0.0932. The molecule has 38 heavy (non-hydrogen) atoms. The topological polar surface area (TPSA) is 78.5 Å². The van der Waals surface area contributed by atoms with Crippen LogP contribution in [0.3, 0.4) is 0 Å². The first kappa shape index (κ1) is 25.3. The van der Waals surface area contributed by atoms with Crippen molar-refractivity contribution < 1.29 is 14.4 Å². The van der Waals surface area contributed by atoms with Crippen LogP contribution >= 0.6 is 0 Å². The van der Waals surface area contributed by atoms with Gasteiger partial charge in [0.05, 0.1) is 0 Å². The van der Waals surface area contributed by atoms with Crippen LogP contribution in [0.4, 0.5) is 0 Å². The third-order valence-corrected chi connectivity index (χ3v) is 9.44. The second-order valence-corrected chi connectivity index (χ2v) is 11.9. The number of carbonyl (C=O) groups excluding carboxylic acids is 3. The molecule has 2 N–H and O–H groups in total. The van der Waals surface area contributed by atoms with E-state index in [-0.39, 0.29) is 24.1 Å². The highest BCUT2D eigenvalue weighted by Gasteiger charge is 2.39. The summed E-state index contributed by atoms with van der Waals surface area (Å²) in [6.45, 7) is 0.450. The molecule has 2 aromatic carbocycles. The summed E-state index contributed by atoms with van der Waals surface area (Å²) < 4.78 is 0. The van der Waals surface area contributed by atoms with Crippen LogP contribution in [-0.2, 0) is 22.6 Å². The molecule has 3 atom stereocenters. The number of piperidine rings is 1. The van der Waals surface area contributed by atoms with Crippen LogP contribution in [0.15, 0.2) is 48.5 Å². The number of imide groups is 1. The second kappa shape index (κ2) is 11.0. The summed E-state index contributed by atoms with van der Waals surface area (Å²) >= 11 is 0. The quantitative estimate of drug-likeness (QED) is 0.541. The molecule has 4 aliphatic rings. The second-order valence-electron chi connectivity index (χ2n) is 11.9. The Morgan fingerprint density at radius 3 is 2.45 bits per heavy atom. The summed E-state index contributed by atoms with van der Waals surface area (Å²) in [5, 5.41) is 6.47. The van der Waals surface area contributed by atoms with E-state index in [1.165, 1.54) is 62.5 Å². The molecule has 2 aromatic rings. The number of hydrogen-bond acceptors (Lipinski definition) is 4. The molecule has 3 amide bonds. The van der Waals surface area contributed by atoms with E-state index in [0.29, 0.717) is 42.4 Å². The number of rotatable bonds is 6. The SMILES string of the molecule is O=C1CCC(N2Cc3cc(C[C@H]4CCCC[C@@H]4NC4CCC(c5ccccc5)CC4)ccc3C2=O)C(=O)N1. The van der Waals surface area contributed by atoms with Crippen molar-refractivity contribution in [3.05, 3.63) is 70.8 Å². The smallest absolute Gasteiger partial charge is 0.255 e. The van der Waals surface area contributed by atoms with E-state index in [4.69, 9.17) is 0 Å². The molecule has 0 bridgehead atoms. The van der Waals surface area contributed by atoms with Gasteiger partial charge in [0.1, 0.15) is 6.04 Å². The maximum absolute atomic E-state index is 13.1. The maximum Gasteiger partial charge on any atom is 0.255 e. The number of fused-ring (bicyclic) bond motifs is 1. The Hall–Kier alpha value is -2.99. The van der Waals surface area contributed by atoms with Gasteiger partial charge in [0, 0.05) is 30.6 Å². The van der Waals surface area contributed by atoms with E-state index >= 15 is 0 Å². The molecule has 6 nitrogen and oxygen atoms in total. The fourth-order valence-corrected chi connectivity index (χ4v) is 7.35. The fourth-order valence-electron chi connectivity index (χ4n) is 7.35. The van der Waals surface area contributed by atoms with Gasteiger partial charge in [0.2, 0.25) is 11.8 Å². The molecule has 0 aromatic heterocycles. The summed E-state index contributed by atoms with van der Waals surface area (Å²) in [6.07, 6.45) is 11.8. The zero-order valence-corrected chi connectivity index (χ0v) is 22.2. The van der Waals surface area contributed by atoms with Crippen molar-refractivity contribution in [3.8, 4) is 0 Å². The number of benzene rings is 2. The van der Waals surface area contributed by atoms with Crippen LogP contribution in [0.5, 0.6) is 0 Å². The van der Waals surface area contributed by atoms with Crippen LogP contribution in [0, 0.1) is 5.92 Å². The summed E-state index contributed by atoms with van der Waals surface area (Å²) in [5.41, 5.74) is 4.49. The highest BCUT2D eigenvalue weighted by atomic mass is 16.2. The first-order valence-electron chi connectivity index (χ1n) is 14.6. The standard InChI is InChI=1S/C32H39N3O3/c36-30-17-16-29(31(37)34-30)35-20-25-19-21(10-15-27(25)32(35)38)18-24-8-4-5-9-28(24)33-26-13-11-23(12-14-26)22-6-2-1-3-7-22/h1-3,6-7,10,15,19,23-24,26,28-29,33H,4-5,8-9,11-14,16-18,20H2,(H,34,36,37)/t23?,24-,26?,28+,29?/m1/s1. The van der Waals surface area contributed by atoms with Crippen LogP contribution in [0.2, 0.25) is 0 Å². The number of nitrogens with zero attached hydrogens (tertiary/aromatic N) is 1. The van der Waals surface area contributed by atoms with Crippen molar-refractivity contribution in [2.45, 2.75) is 101 Å². The minimum Gasteiger partial charge on any atom is -0.322 e. The van der Waals surface area contributed by atoms with Crippen molar-refractivity contribution in [2.24, 2.45) is 5.92 Å². The van der Waals surface area contributed by atoms with Crippen molar-refractivity contribution in [3.63, 3.8) is 0 Å². The Balaban J connectivity index is 1.07. The molecule has 2 aliphatic carbocycles. The van der Waals surface area contributed by atoms with Gasteiger partial charge in [-0.15, -0.1) is 0 Å². The van der Waals surface area contributed by atoms with Crippen molar-refractivity contribution >= 4 is 17.7 Å². The number of carbonyl (C=O) groups is 3. The van der Waals surface area contributed by atoms with Crippen LogP contribution in [-0.4, -0.2) is 40.7 Å². The van der Waals surface area contributed by atoms with Gasteiger partial charge in [0.25, 0.3) is 5.91 Å². The Labute approximate surface area is 225 Å². The molecule has 0 spiro atoms. The minimum atomic E-state index is -0.556. The normalized spacial score (nSPS) is 29.7. The van der Waals surface area contributed by atoms with Crippen molar-refractivity contribution in [2.75, 3.05) is 0 Å². The van der Waals surface area contributed by atoms with Gasteiger partial charge in [-0.1, -0.05) is 55.3 Å². The van der Waals surface area contributed by atoms with Gasteiger partial charge < -0.3 is 10.2 Å². The largest absolute Gasteiger partial charge is 0.322 e. The zero-order valence-electron chi connectivity index (χ0n) is 22.2. The highest BCUT2D eigenvalue weighted by molar-refractivity contribution is 6.05. The lowest BCUT2D eigenvalue weighted by Gasteiger charge is -2.38. The predicted molar refractivity (Wildman–Crippen MR) is 147 cm³/mol. The van der Waals surface area contributed by atoms with Gasteiger partial charge >= 0.3 is 0 Å². The number of amides is 3. The number of hydrogen-bond donors (Lipinski definition) is 2. The average Bonchev–Trinajstić information content (AvgIpc) is 3.26. The highest BCUT2D eigenvalue weighted by Crippen LogP contribution is 2.35. The van der Waals surface area contributed by atoms with E-state index in [2.05, 4.69) is 53.1 Å². The van der Waals surface area contributed by atoms with Crippen molar-refractivity contribution in [1.82, 2.24) is 15.5 Å². The molecule has 6 heteroatoms. The molecule has 3 fully saturated rings. The predicted octanol–water partition coefficient (Wildman–Crippen LogP) is 4.86. The molecule has 6 rings (SSSR count). The molecule has 1 saturated heterocycles. The molecule has 2 aliphatic heterocycles. The Morgan fingerprint density at radius 1 is 0.868 bits per heavy atom. The van der Waals surface area contributed by atoms with Crippen LogP contribution in [0.25, 0.3) is 0 Å². The van der Waals surface area contributed by atoms with E-state index in [9.17, 15) is 14.4 Å². The summed E-state index contributed by atoms with van der Waals surface area (Å²) in [7, 11) is 0. The molecule has 2 heterocycles. The zero-order chi connectivity index (χ0) is 26.1. The third-order valence-electron chi connectivity index (χ3n) is 9.44. The lowest BCUT2D eigenvalue weighted by molar-refractivity contribution is -0.136. The average molecular weight is 514 g/mol. The van der Waals surface area contributed by atoms with Gasteiger partial charge in [-0.25, -0.2) is 0 Å². The first-order valence-corrected chi connectivity index (χ1v) is 14.6. The summed E-state index contributed by atoms with van der Waals surface area (Å²) in [4.78, 5) is 38.6. The van der Waals surface area contributed by atoms with Gasteiger partial charge in [-0.2, -0.15) is 0 Å². The van der Waals surface area contributed by atoms with Crippen molar-refractivity contribution in [1.29, 1.82) is 0 Å². The lowest BCUT2D eigenvalue weighted by atomic mass is 9.78. The fraction of sp³-hybridized carbons (Fsp3) is 0.531. The summed E-state index contributed by atoms with van der Waals surface area (Å²) in [5.74, 6) is 0.612.